The van der Waals surface area contributed by atoms with Crippen LogP contribution in [-0.4, -0.2) is 11.0 Å². The second kappa shape index (κ2) is 7.59. The van der Waals surface area contributed by atoms with E-state index in [1.807, 2.05) is 12.1 Å². The van der Waals surface area contributed by atoms with Crippen molar-refractivity contribution in [3.05, 3.63) is 71.3 Å². The Morgan fingerprint density at radius 3 is 2.67 bits per heavy atom. The Bertz CT molecular complexity index is 853. The number of allylic oxidation sites excluding steroid dienone is 2. The van der Waals surface area contributed by atoms with E-state index >= 15 is 0 Å². The van der Waals surface area contributed by atoms with Gasteiger partial charge in [0.15, 0.2) is 0 Å². The smallest absolute Gasteiger partial charge is 0.259 e. The number of phenols is 1. The van der Waals surface area contributed by atoms with E-state index in [4.69, 9.17) is 0 Å². The lowest BCUT2D eigenvalue weighted by Gasteiger charge is -2.38. The summed E-state index contributed by atoms with van der Waals surface area (Å²) in [6, 6.07) is 13.4. The lowest BCUT2D eigenvalue weighted by atomic mass is 9.66. The van der Waals surface area contributed by atoms with Gasteiger partial charge in [0.1, 0.15) is 5.75 Å². The largest absolute Gasteiger partial charge is 0.507 e. The first-order valence-corrected chi connectivity index (χ1v) is 10.00. The number of aryl methyl sites for hydroxylation is 1. The highest BCUT2D eigenvalue weighted by Gasteiger charge is 2.32. The van der Waals surface area contributed by atoms with Crippen LogP contribution in [0.5, 0.6) is 5.75 Å². The van der Waals surface area contributed by atoms with E-state index in [0.717, 1.165) is 17.5 Å². The SMILES string of the molecule is Cc1cccc(C(=O)Nc2ccc(C3C=CCC4CCCCC43)cc2)c1O. The number of anilines is 1. The number of para-hydroxylation sites is 1. The van der Waals surface area contributed by atoms with Crippen LogP contribution in [0.3, 0.4) is 0 Å². The van der Waals surface area contributed by atoms with Gasteiger partial charge in [0, 0.05) is 11.6 Å². The van der Waals surface area contributed by atoms with Crippen LogP contribution in [0.25, 0.3) is 0 Å². The van der Waals surface area contributed by atoms with Gasteiger partial charge in [0.25, 0.3) is 5.91 Å². The summed E-state index contributed by atoms with van der Waals surface area (Å²) in [4.78, 5) is 12.5. The molecule has 0 saturated heterocycles. The first-order valence-electron chi connectivity index (χ1n) is 10.00. The van der Waals surface area contributed by atoms with Gasteiger partial charge in [0.05, 0.1) is 5.56 Å². The van der Waals surface area contributed by atoms with Crippen LogP contribution in [0.1, 0.15) is 59.5 Å². The molecule has 2 N–H and O–H groups in total. The van der Waals surface area contributed by atoms with Gasteiger partial charge in [0.2, 0.25) is 0 Å². The predicted octanol–water partition coefficient (Wildman–Crippen LogP) is 5.80. The summed E-state index contributed by atoms with van der Waals surface area (Å²) < 4.78 is 0. The zero-order valence-corrected chi connectivity index (χ0v) is 15.8. The Morgan fingerprint density at radius 1 is 1.07 bits per heavy atom. The van der Waals surface area contributed by atoms with Gasteiger partial charge in [-0.3, -0.25) is 4.79 Å². The molecule has 0 spiro atoms. The minimum atomic E-state index is -0.283. The number of benzene rings is 2. The van der Waals surface area contributed by atoms with Gasteiger partial charge >= 0.3 is 0 Å². The van der Waals surface area contributed by atoms with E-state index in [2.05, 4.69) is 29.6 Å². The molecule has 0 heterocycles. The van der Waals surface area contributed by atoms with E-state index in [1.54, 1.807) is 25.1 Å². The molecule has 2 aromatic carbocycles. The fourth-order valence-corrected chi connectivity index (χ4v) is 4.73. The molecule has 140 valence electrons. The summed E-state index contributed by atoms with van der Waals surface area (Å²) in [7, 11) is 0. The fourth-order valence-electron chi connectivity index (χ4n) is 4.73. The van der Waals surface area contributed by atoms with E-state index < -0.39 is 0 Å². The van der Waals surface area contributed by atoms with Crippen molar-refractivity contribution in [2.45, 2.75) is 44.9 Å². The Morgan fingerprint density at radius 2 is 1.85 bits per heavy atom. The van der Waals surface area contributed by atoms with Gasteiger partial charge in [-0.1, -0.05) is 49.3 Å². The molecular weight excluding hydrogens is 334 g/mol. The van der Waals surface area contributed by atoms with Crippen molar-refractivity contribution >= 4 is 11.6 Å². The average molecular weight is 361 g/mol. The molecule has 3 heteroatoms. The minimum absolute atomic E-state index is 0.0438. The van der Waals surface area contributed by atoms with E-state index in [-0.39, 0.29) is 11.7 Å². The third-order valence-corrected chi connectivity index (χ3v) is 6.25. The molecule has 27 heavy (non-hydrogen) atoms. The van der Waals surface area contributed by atoms with Crippen LogP contribution in [0, 0.1) is 18.8 Å². The number of fused-ring (bicyclic) bond motifs is 1. The summed E-state index contributed by atoms with van der Waals surface area (Å²) in [5, 5.41) is 13.0. The monoisotopic (exact) mass is 361 g/mol. The van der Waals surface area contributed by atoms with Crippen LogP contribution in [0.15, 0.2) is 54.6 Å². The lowest BCUT2D eigenvalue weighted by Crippen LogP contribution is -2.27. The van der Waals surface area contributed by atoms with Crippen molar-refractivity contribution in [1.29, 1.82) is 0 Å². The predicted molar refractivity (Wildman–Crippen MR) is 109 cm³/mol. The molecule has 0 radical (unpaired) electrons. The maximum atomic E-state index is 12.5. The number of amides is 1. The molecule has 0 aromatic heterocycles. The molecule has 2 aliphatic rings. The molecule has 0 bridgehead atoms. The van der Waals surface area contributed by atoms with E-state index in [0.29, 0.717) is 17.0 Å². The minimum Gasteiger partial charge on any atom is -0.507 e. The van der Waals surface area contributed by atoms with Gasteiger partial charge in [-0.05, 0) is 67.3 Å². The topological polar surface area (TPSA) is 49.3 Å². The van der Waals surface area contributed by atoms with Crippen LogP contribution in [0.2, 0.25) is 0 Å². The number of carbonyl (C=O) groups is 1. The molecule has 3 atom stereocenters. The summed E-state index contributed by atoms with van der Waals surface area (Å²) in [6.07, 6.45) is 11.4. The molecule has 3 unspecified atom stereocenters. The summed E-state index contributed by atoms with van der Waals surface area (Å²) >= 11 is 0. The number of phenolic OH excluding ortho intramolecular Hbond substituents is 1. The van der Waals surface area contributed by atoms with Crippen molar-refractivity contribution < 1.29 is 9.90 Å². The van der Waals surface area contributed by atoms with Crippen molar-refractivity contribution in [3.63, 3.8) is 0 Å². The molecule has 0 aliphatic heterocycles. The summed E-state index contributed by atoms with van der Waals surface area (Å²) in [5.41, 5.74) is 3.09. The fraction of sp³-hybridized carbons (Fsp3) is 0.375. The standard InChI is InChI=1S/C24H27NO2/c1-16-6-4-11-22(23(16)26)24(27)25-19-14-12-18(13-15-19)21-10-5-8-17-7-2-3-9-20(17)21/h4-6,10-15,17,20-21,26H,2-3,7-9H2,1H3,(H,25,27). The van der Waals surface area contributed by atoms with Crippen molar-refractivity contribution in [2.75, 3.05) is 5.32 Å². The van der Waals surface area contributed by atoms with Gasteiger partial charge in [-0.25, -0.2) is 0 Å². The summed E-state index contributed by atoms with van der Waals surface area (Å²) in [6.45, 7) is 1.79. The molecule has 3 nitrogen and oxygen atoms in total. The van der Waals surface area contributed by atoms with Gasteiger partial charge in [-0.15, -0.1) is 0 Å². The molecule has 1 amide bonds. The quantitative estimate of drug-likeness (QED) is 0.679. The van der Waals surface area contributed by atoms with E-state index in [9.17, 15) is 9.90 Å². The Hall–Kier alpha value is -2.55. The average Bonchev–Trinajstić information content (AvgIpc) is 2.70. The van der Waals surface area contributed by atoms with E-state index in [1.165, 1.54) is 37.7 Å². The Balaban J connectivity index is 1.49. The number of carbonyl (C=O) groups excluding carboxylic acids is 1. The summed E-state index contributed by atoms with van der Waals surface area (Å²) in [5.74, 6) is 1.84. The van der Waals surface area contributed by atoms with Gasteiger partial charge in [-0.2, -0.15) is 0 Å². The zero-order valence-electron chi connectivity index (χ0n) is 15.8. The molecule has 1 fully saturated rings. The van der Waals surface area contributed by atoms with Crippen LogP contribution < -0.4 is 5.32 Å². The molecular formula is C24H27NO2. The highest BCUT2D eigenvalue weighted by Crippen LogP contribution is 2.45. The Kier molecular flexibility index (Phi) is 5.02. The molecule has 4 rings (SSSR count). The Labute approximate surface area is 161 Å². The normalized spacial score (nSPS) is 24.3. The van der Waals surface area contributed by atoms with Crippen molar-refractivity contribution in [2.24, 2.45) is 11.8 Å². The highest BCUT2D eigenvalue weighted by atomic mass is 16.3. The first-order chi connectivity index (χ1) is 13.1. The lowest BCUT2D eigenvalue weighted by molar-refractivity contribution is 0.102. The highest BCUT2D eigenvalue weighted by molar-refractivity contribution is 6.06. The second-order valence-electron chi connectivity index (χ2n) is 7.95. The maximum Gasteiger partial charge on any atom is 0.259 e. The number of hydrogen-bond acceptors (Lipinski definition) is 2. The third kappa shape index (κ3) is 3.64. The number of nitrogens with one attached hydrogen (secondary N) is 1. The van der Waals surface area contributed by atoms with Crippen LogP contribution >= 0.6 is 0 Å². The number of rotatable bonds is 3. The van der Waals surface area contributed by atoms with Gasteiger partial charge < -0.3 is 10.4 Å². The number of aromatic hydroxyl groups is 1. The maximum absolute atomic E-state index is 12.5. The zero-order chi connectivity index (χ0) is 18.8. The number of hydrogen-bond donors (Lipinski definition) is 2. The molecule has 2 aromatic rings. The van der Waals surface area contributed by atoms with Crippen LogP contribution in [0.4, 0.5) is 5.69 Å². The van der Waals surface area contributed by atoms with Crippen molar-refractivity contribution in [3.8, 4) is 5.75 Å². The first kappa shape index (κ1) is 17.8. The van der Waals surface area contributed by atoms with Crippen molar-refractivity contribution in [1.82, 2.24) is 0 Å². The second-order valence-corrected chi connectivity index (χ2v) is 7.95. The molecule has 1 saturated carbocycles. The van der Waals surface area contributed by atoms with Crippen LogP contribution in [-0.2, 0) is 0 Å². The third-order valence-electron chi connectivity index (χ3n) is 6.25. The molecule has 2 aliphatic carbocycles.